The van der Waals surface area contributed by atoms with Crippen LogP contribution in [0.4, 0.5) is 4.79 Å². The summed E-state index contributed by atoms with van der Waals surface area (Å²) in [6.07, 6.45) is 1.20. The molecule has 2 aliphatic heterocycles. The lowest BCUT2D eigenvalue weighted by atomic mass is 10.2. The van der Waals surface area contributed by atoms with Gasteiger partial charge < -0.3 is 15.3 Å². The van der Waals surface area contributed by atoms with E-state index in [4.69, 9.17) is 5.11 Å². The van der Waals surface area contributed by atoms with E-state index in [-0.39, 0.29) is 11.1 Å². The van der Waals surface area contributed by atoms with Crippen molar-refractivity contribution >= 4 is 28.9 Å². The third-order valence-electron chi connectivity index (χ3n) is 2.79. The van der Waals surface area contributed by atoms with Crippen LogP contribution < -0.4 is 5.32 Å². The highest BCUT2D eigenvalue weighted by molar-refractivity contribution is 8.14. The zero-order chi connectivity index (χ0) is 11.7. The molecule has 2 atom stereocenters. The molecule has 0 spiro atoms. The number of likely N-dealkylation sites (tertiary alicyclic amines) is 1. The number of hydrogen-bond donors (Lipinski definition) is 2. The van der Waals surface area contributed by atoms with Gasteiger partial charge in [0, 0.05) is 12.3 Å². The molecule has 2 rings (SSSR count). The van der Waals surface area contributed by atoms with Crippen molar-refractivity contribution in [1.29, 1.82) is 0 Å². The van der Waals surface area contributed by atoms with E-state index < -0.39 is 18.1 Å². The molecule has 0 aromatic carbocycles. The van der Waals surface area contributed by atoms with Crippen LogP contribution in [-0.2, 0) is 9.59 Å². The van der Waals surface area contributed by atoms with Crippen molar-refractivity contribution in [3.8, 4) is 0 Å². The topological polar surface area (TPSA) is 86.7 Å². The minimum atomic E-state index is -0.970. The van der Waals surface area contributed by atoms with Gasteiger partial charge in [0.1, 0.15) is 12.1 Å². The van der Waals surface area contributed by atoms with Crippen LogP contribution in [0.5, 0.6) is 0 Å². The predicted octanol–water partition coefficient (Wildman–Crippen LogP) is -0.113. The molecular formula is C9H12N2O4S. The average Bonchev–Trinajstić information content (AvgIpc) is 2.84. The third-order valence-corrected chi connectivity index (χ3v) is 3.67. The molecule has 6 nitrogen and oxygen atoms in total. The van der Waals surface area contributed by atoms with Gasteiger partial charge in [-0.25, -0.2) is 4.79 Å². The standard InChI is InChI=1S/C9H12N2O4S/c12-7(5-4-16-9(15)10-5)11-3-1-2-6(11)8(13)14/h5-6H,1-4H2,(H,10,15)(H,13,14)/t5?,6-/m0/s1. The van der Waals surface area contributed by atoms with E-state index in [1.54, 1.807) is 0 Å². The lowest BCUT2D eigenvalue weighted by Gasteiger charge is -2.24. The minimum Gasteiger partial charge on any atom is -0.480 e. The van der Waals surface area contributed by atoms with Crippen molar-refractivity contribution in [3.63, 3.8) is 0 Å². The summed E-state index contributed by atoms with van der Waals surface area (Å²) in [4.78, 5) is 35.2. The number of amides is 2. The summed E-state index contributed by atoms with van der Waals surface area (Å²) >= 11 is 1.06. The maximum Gasteiger partial charge on any atom is 0.326 e. The fourth-order valence-electron chi connectivity index (χ4n) is 2.01. The van der Waals surface area contributed by atoms with Gasteiger partial charge in [-0.1, -0.05) is 11.8 Å². The highest BCUT2D eigenvalue weighted by Gasteiger charge is 2.39. The predicted molar refractivity (Wildman–Crippen MR) is 57.1 cm³/mol. The number of carboxylic acids is 1. The molecule has 1 unspecified atom stereocenters. The molecule has 7 heteroatoms. The number of carboxylic acid groups (broad SMARTS) is 1. The SMILES string of the molecule is O=C1NC(C(=O)N2CCC[C@H]2C(=O)O)CS1. The number of nitrogens with one attached hydrogen (secondary N) is 1. The van der Waals surface area contributed by atoms with Gasteiger partial charge in [0.15, 0.2) is 0 Å². The number of carbonyl (C=O) groups is 3. The molecule has 0 aliphatic carbocycles. The molecule has 2 aliphatic rings. The number of aliphatic carboxylic acids is 1. The molecule has 2 heterocycles. The Balaban J connectivity index is 2.03. The molecule has 0 aromatic heterocycles. The Kier molecular flexibility index (Phi) is 3.04. The highest BCUT2D eigenvalue weighted by Crippen LogP contribution is 2.21. The third kappa shape index (κ3) is 1.99. The molecule has 2 saturated heterocycles. The van der Waals surface area contributed by atoms with Crippen molar-refractivity contribution in [2.45, 2.75) is 24.9 Å². The smallest absolute Gasteiger partial charge is 0.326 e. The molecule has 0 aromatic rings. The maximum absolute atomic E-state index is 11.9. The maximum atomic E-state index is 11.9. The number of nitrogens with zero attached hydrogens (tertiary/aromatic N) is 1. The van der Waals surface area contributed by atoms with Gasteiger partial charge in [-0.3, -0.25) is 9.59 Å². The lowest BCUT2D eigenvalue weighted by Crippen LogP contribution is -2.49. The zero-order valence-corrected chi connectivity index (χ0v) is 9.33. The molecule has 16 heavy (non-hydrogen) atoms. The number of hydrogen-bond acceptors (Lipinski definition) is 4. The van der Waals surface area contributed by atoms with Gasteiger partial charge in [-0.2, -0.15) is 0 Å². The first-order valence-corrected chi connectivity index (χ1v) is 6.04. The Morgan fingerprint density at radius 2 is 2.25 bits per heavy atom. The number of carbonyl (C=O) groups excluding carboxylic acids is 2. The Morgan fingerprint density at radius 1 is 1.50 bits per heavy atom. The zero-order valence-electron chi connectivity index (χ0n) is 8.51. The van der Waals surface area contributed by atoms with Gasteiger partial charge in [-0.05, 0) is 12.8 Å². The van der Waals surface area contributed by atoms with E-state index in [0.29, 0.717) is 25.1 Å². The Bertz CT molecular complexity index is 346. The van der Waals surface area contributed by atoms with Gasteiger partial charge in [0.2, 0.25) is 5.91 Å². The van der Waals surface area contributed by atoms with Crippen LogP contribution in [0.1, 0.15) is 12.8 Å². The quantitative estimate of drug-likeness (QED) is 0.707. The van der Waals surface area contributed by atoms with Gasteiger partial charge >= 0.3 is 5.97 Å². The molecule has 2 N–H and O–H groups in total. The molecule has 0 radical (unpaired) electrons. The fourth-order valence-corrected chi connectivity index (χ4v) is 2.77. The first-order valence-electron chi connectivity index (χ1n) is 5.06. The molecule has 0 bridgehead atoms. The lowest BCUT2D eigenvalue weighted by molar-refractivity contribution is -0.148. The molecule has 2 fully saturated rings. The van der Waals surface area contributed by atoms with Crippen molar-refractivity contribution < 1.29 is 19.5 Å². The summed E-state index contributed by atoms with van der Waals surface area (Å²) in [5.74, 6) is -0.855. The molecule has 88 valence electrons. The second kappa shape index (κ2) is 4.32. The second-order valence-electron chi connectivity index (χ2n) is 3.82. The van der Waals surface area contributed by atoms with E-state index in [9.17, 15) is 14.4 Å². The highest BCUT2D eigenvalue weighted by atomic mass is 32.2. The van der Waals surface area contributed by atoms with Crippen LogP contribution in [0, 0.1) is 0 Å². The van der Waals surface area contributed by atoms with Crippen LogP contribution in [-0.4, -0.2) is 51.5 Å². The van der Waals surface area contributed by atoms with Crippen LogP contribution in [0.3, 0.4) is 0 Å². The Morgan fingerprint density at radius 3 is 2.81 bits per heavy atom. The first-order chi connectivity index (χ1) is 7.59. The van der Waals surface area contributed by atoms with E-state index in [0.717, 1.165) is 11.8 Å². The van der Waals surface area contributed by atoms with Gasteiger partial charge in [0.25, 0.3) is 5.24 Å². The molecule has 2 amide bonds. The summed E-state index contributed by atoms with van der Waals surface area (Å²) in [6, 6.07) is -1.28. The van der Waals surface area contributed by atoms with E-state index in [1.807, 2.05) is 0 Å². The summed E-state index contributed by atoms with van der Waals surface area (Å²) in [7, 11) is 0. The van der Waals surface area contributed by atoms with Crippen LogP contribution in [0.2, 0.25) is 0 Å². The van der Waals surface area contributed by atoms with Crippen molar-refractivity contribution in [2.75, 3.05) is 12.3 Å². The van der Waals surface area contributed by atoms with E-state index >= 15 is 0 Å². The fraction of sp³-hybridized carbons (Fsp3) is 0.667. The van der Waals surface area contributed by atoms with Crippen LogP contribution in [0.15, 0.2) is 0 Å². The number of rotatable bonds is 2. The van der Waals surface area contributed by atoms with Gasteiger partial charge in [-0.15, -0.1) is 0 Å². The summed E-state index contributed by atoms with van der Waals surface area (Å²) in [5, 5.41) is 11.3. The summed E-state index contributed by atoms with van der Waals surface area (Å²) in [5.41, 5.74) is 0. The van der Waals surface area contributed by atoms with Gasteiger partial charge in [0.05, 0.1) is 0 Å². The average molecular weight is 244 g/mol. The summed E-state index contributed by atoms with van der Waals surface area (Å²) < 4.78 is 0. The normalized spacial score (nSPS) is 29.2. The summed E-state index contributed by atoms with van der Waals surface area (Å²) in [6.45, 7) is 0.465. The van der Waals surface area contributed by atoms with E-state index in [1.165, 1.54) is 4.90 Å². The molecular weight excluding hydrogens is 232 g/mol. The van der Waals surface area contributed by atoms with E-state index in [2.05, 4.69) is 5.32 Å². The van der Waals surface area contributed by atoms with Crippen LogP contribution >= 0.6 is 11.8 Å². The second-order valence-corrected chi connectivity index (χ2v) is 4.82. The minimum absolute atomic E-state index is 0.218. The largest absolute Gasteiger partial charge is 0.480 e. The Hall–Kier alpha value is -1.24. The Labute approximate surface area is 96.4 Å². The van der Waals surface area contributed by atoms with Crippen molar-refractivity contribution in [1.82, 2.24) is 10.2 Å². The van der Waals surface area contributed by atoms with Crippen molar-refractivity contribution in [3.05, 3.63) is 0 Å². The van der Waals surface area contributed by atoms with Crippen LogP contribution in [0.25, 0.3) is 0 Å². The molecule has 0 saturated carbocycles. The number of thioether (sulfide) groups is 1. The van der Waals surface area contributed by atoms with Crippen molar-refractivity contribution in [2.24, 2.45) is 0 Å². The first kappa shape index (κ1) is 11.3. The monoisotopic (exact) mass is 244 g/mol.